The average Bonchev–Trinajstić information content (AvgIpc) is 3.04. The summed E-state index contributed by atoms with van der Waals surface area (Å²) >= 11 is 0. The number of hydrogen-bond donors (Lipinski definition) is 2. The van der Waals surface area contributed by atoms with Gasteiger partial charge in [0.15, 0.2) is 5.78 Å². The molecule has 0 heterocycles. The Kier molecular flexibility index (Phi) is 5.97. The molecule has 0 amide bonds. The van der Waals surface area contributed by atoms with Gasteiger partial charge in [0.1, 0.15) is 11.7 Å². The third-order valence-corrected chi connectivity index (χ3v) is 11.0. The predicted octanol–water partition coefficient (Wildman–Crippen LogP) is 5.76. The summed E-state index contributed by atoms with van der Waals surface area (Å²) in [6, 6.07) is 0. The highest BCUT2D eigenvalue weighted by Crippen LogP contribution is 2.69. The molecule has 0 aromatic rings. The molecule has 4 saturated carbocycles. The largest absolute Gasteiger partial charge is 0.386 e. The Morgan fingerprint density at radius 2 is 1.70 bits per heavy atom. The molecular formula is C27H46O3. The normalized spacial score (nSPS) is 49.5. The molecule has 9 atom stereocenters. The summed E-state index contributed by atoms with van der Waals surface area (Å²) in [5, 5.41) is 22.2. The molecule has 4 aliphatic rings. The lowest BCUT2D eigenvalue weighted by Crippen LogP contribution is -2.68. The monoisotopic (exact) mass is 418 g/mol. The predicted molar refractivity (Wildman–Crippen MR) is 121 cm³/mol. The first-order valence-electron chi connectivity index (χ1n) is 13.0. The Labute approximate surface area is 184 Å². The third-order valence-electron chi connectivity index (χ3n) is 11.0. The van der Waals surface area contributed by atoms with Crippen molar-refractivity contribution in [3.05, 3.63) is 0 Å². The molecule has 0 saturated heterocycles. The van der Waals surface area contributed by atoms with E-state index >= 15 is 0 Å². The van der Waals surface area contributed by atoms with Crippen LogP contribution in [-0.2, 0) is 4.79 Å². The van der Waals surface area contributed by atoms with Crippen molar-refractivity contribution < 1.29 is 15.0 Å². The maximum absolute atomic E-state index is 12.2. The van der Waals surface area contributed by atoms with Crippen molar-refractivity contribution in [1.82, 2.24) is 0 Å². The zero-order valence-corrected chi connectivity index (χ0v) is 20.1. The number of fused-ring (bicyclic) bond motifs is 5. The van der Waals surface area contributed by atoms with Gasteiger partial charge in [0.25, 0.3) is 0 Å². The summed E-state index contributed by atoms with van der Waals surface area (Å²) in [4.78, 5) is 12.2. The minimum absolute atomic E-state index is 0.148. The number of Topliss-reactive ketones (excluding diaryl/α,β-unsaturated/α-hetero) is 1. The van der Waals surface area contributed by atoms with Crippen molar-refractivity contribution in [3.63, 3.8) is 0 Å². The standard InChI is InChI=1S/C27H46O3/c1-17(2)7-6-8-18(3)20-9-10-21-19-11-16-27(30)24(29)23(28)13-15-26(27,5)22(19)12-14-25(20,21)4/h17-22,24,29-30H,6-16H2,1-5H3/t18-,19+,20-,21+,22+,24?,25-,26-,27?/m1/s1. The summed E-state index contributed by atoms with van der Waals surface area (Å²) in [7, 11) is 0. The van der Waals surface area contributed by atoms with Crippen LogP contribution >= 0.6 is 0 Å². The van der Waals surface area contributed by atoms with Crippen LogP contribution in [0.3, 0.4) is 0 Å². The fourth-order valence-corrected chi connectivity index (χ4v) is 9.14. The zero-order chi connectivity index (χ0) is 21.9. The maximum Gasteiger partial charge on any atom is 0.164 e. The Bertz CT molecular complexity index is 658. The van der Waals surface area contributed by atoms with Gasteiger partial charge in [-0.1, -0.05) is 53.9 Å². The van der Waals surface area contributed by atoms with Gasteiger partial charge in [0, 0.05) is 11.8 Å². The molecule has 2 unspecified atom stereocenters. The molecule has 4 rings (SSSR count). The van der Waals surface area contributed by atoms with Crippen LogP contribution in [0.2, 0.25) is 0 Å². The van der Waals surface area contributed by atoms with Gasteiger partial charge in [-0.25, -0.2) is 0 Å². The van der Waals surface area contributed by atoms with Crippen molar-refractivity contribution in [2.24, 2.45) is 46.3 Å². The van der Waals surface area contributed by atoms with E-state index in [2.05, 4.69) is 34.6 Å². The topological polar surface area (TPSA) is 57.5 Å². The van der Waals surface area contributed by atoms with Gasteiger partial charge in [-0.05, 0) is 85.9 Å². The molecule has 172 valence electrons. The Morgan fingerprint density at radius 3 is 2.40 bits per heavy atom. The second-order valence-corrected chi connectivity index (χ2v) is 12.7. The lowest BCUT2D eigenvalue weighted by atomic mass is 9.42. The van der Waals surface area contributed by atoms with Crippen molar-refractivity contribution in [2.75, 3.05) is 0 Å². The highest BCUT2D eigenvalue weighted by molar-refractivity contribution is 5.85. The SMILES string of the molecule is CC(C)CCC[C@@H](C)[C@H]1CC[C@H]2[C@@H]3CCC4(O)C(O)C(=O)CC[C@]4(C)[C@H]3CC[C@]12C. The van der Waals surface area contributed by atoms with E-state index in [4.69, 9.17) is 0 Å². The van der Waals surface area contributed by atoms with Crippen LogP contribution in [0.15, 0.2) is 0 Å². The van der Waals surface area contributed by atoms with E-state index in [1.807, 2.05) is 0 Å². The van der Waals surface area contributed by atoms with E-state index in [9.17, 15) is 15.0 Å². The minimum atomic E-state index is -1.21. The van der Waals surface area contributed by atoms with Gasteiger partial charge in [-0.2, -0.15) is 0 Å². The number of aliphatic hydroxyl groups is 2. The quantitative estimate of drug-likeness (QED) is 0.596. The van der Waals surface area contributed by atoms with Crippen molar-refractivity contribution in [2.45, 2.75) is 117 Å². The molecule has 0 aromatic heterocycles. The van der Waals surface area contributed by atoms with Crippen LogP contribution < -0.4 is 0 Å². The van der Waals surface area contributed by atoms with Crippen LogP contribution in [0.1, 0.15) is 105 Å². The molecule has 0 bridgehead atoms. The van der Waals surface area contributed by atoms with E-state index in [1.165, 1.54) is 38.5 Å². The van der Waals surface area contributed by atoms with Gasteiger partial charge >= 0.3 is 0 Å². The lowest BCUT2D eigenvalue weighted by molar-refractivity contribution is -0.238. The number of hydrogen-bond acceptors (Lipinski definition) is 3. The Balaban J connectivity index is 1.52. The van der Waals surface area contributed by atoms with E-state index in [0.717, 1.165) is 42.9 Å². The number of rotatable bonds is 5. The molecule has 0 radical (unpaired) electrons. The van der Waals surface area contributed by atoms with Gasteiger partial charge in [0.05, 0.1) is 0 Å². The van der Waals surface area contributed by atoms with Crippen LogP contribution in [0.25, 0.3) is 0 Å². The molecule has 3 heteroatoms. The van der Waals surface area contributed by atoms with E-state index < -0.39 is 11.7 Å². The van der Waals surface area contributed by atoms with Crippen molar-refractivity contribution >= 4 is 5.78 Å². The summed E-state index contributed by atoms with van der Waals surface area (Å²) in [5.41, 5.74) is -1.09. The Morgan fingerprint density at radius 1 is 0.967 bits per heavy atom. The molecule has 0 aromatic carbocycles. The molecular weight excluding hydrogens is 372 g/mol. The van der Waals surface area contributed by atoms with Crippen molar-refractivity contribution in [3.8, 4) is 0 Å². The smallest absolute Gasteiger partial charge is 0.164 e. The highest BCUT2D eigenvalue weighted by atomic mass is 16.3. The fourth-order valence-electron chi connectivity index (χ4n) is 9.14. The number of ketones is 1. The molecule has 4 fully saturated rings. The maximum atomic E-state index is 12.2. The second-order valence-electron chi connectivity index (χ2n) is 12.7. The first-order valence-corrected chi connectivity index (χ1v) is 13.0. The number of carbonyl (C=O) groups is 1. The first-order chi connectivity index (χ1) is 14.0. The molecule has 3 nitrogen and oxygen atoms in total. The van der Waals surface area contributed by atoms with Crippen molar-refractivity contribution in [1.29, 1.82) is 0 Å². The fraction of sp³-hybridized carbons (Fsp3) is 0.963. The van der Waals surface area contributed by atoms with E-state index in [-0.39, 0.29) is 11.2 Å². The summed E-state index contributed by atoms with van der Waals surface area (Å²) in [6.07, 6.45) is 10.8. The van der Waals surface area contributed by atoms with Crippen LogP contribution in [0.4, 0.5) is 0 Å². The molecule has 2 N–H and O–H groups in total. The van der Waals surface area contributed by atoms with Gasteiger partial charge in [0.2, 0.25) is 0 Å². The van der Waals surface area contributed by atoms with Crippen LogP contribution in [0.5, 0.6) is 0 Å². The summed E-state index contributed by atoms with van der Waals surface area (Å²) < 4.78 is 0. The summed E-state index contributed by atoms with van der Waals surface area (Å²) in [5.74, 6) is 4.16. The van der Waals surface area contributed by atoms with Crippen LogP contribution in [-0.4, -0.2) is 27.7 Å². The van der Waals surface area contributed by atoms with Crippen LogP contribution in [0, 0.1) is 46.3 Å². The molecule has 0 spiro atoms. The molecule has 0 aliphatic heterocycles. The van der Waals surface area contributed by atoms with Gasteiger partial charge in [-0.15, -0.1) is 0 Å². The number of carbonyl (C=O) groups excluding carboxylic acids is 1. The third kappa shape index (κ3) is 3.24. The Hall–Kier alpha value is -0.410. The highest BCUT2D eigenvalue weighted by Gasteiger charge is 2.67. The van der Waals surface area contributed by atoms with Gasteiger partial charge in [-0.3, -0.25) is 4.79 Å². The van der Waals surface area contributed by atoms with E-state index in [1.54, 1.807) is 0 Å². The minimum Gasteiger partial charge on any atom is -0.386 e. The first kappa shape index (κ1) is 22.8. The molecule has 4 aliphatic carbocycles. The summed E-state index contributed by atoms with van der Waals surface area (Å²) in [6.45, 7) is 12.0. The number of aliphatic hydroxyl groups excluding tert-OH is 1. The lowest BCUT2D eigenvalue weighted by Gasteiger charge is -2.64. The average molecular weight is 419 g/mol. The molecule has 30 heavy (non-hydrogen) atoms. The second kappa shape index (κ2) is 7.87. The van der Waals surface area contributed by atoms with E-state index in [0.29, 0.717) is 30.1 Å². The van der Waals surface area contributed by atoms with Gasteiger partial charge < -0.3 is 10.2 Å². The zero-order valence-electron chi connectivity index (χ0n) is 20.1.